The molecular formula is C19H31N7. The Balaban J connectivity index is 1.78. The van der Waals surface area contributed by atoms with E-state index >= 15 is 0 Å². The molecule has 7 nitrogen and oxygen atoms in total. The molecule has 26 heavy (non-hydrogen) atoms. The third kappa shape index (κ3) is 3.76. The third-order valence-corrected chi connectivity index (χ3v) is 5.51. The summed E-state index contributed by atoms with van der Waals surface area (Å²) < 4.78 is 4.17. The van der Waals surface area contributed by atoms with Gasteiger partial charge in [0.2, 0.25) is 0 Å². The van der Waals surface area contributed by atoms with Crippen molar-refractivity contribution in [1.29, 1.82) is 0 Å². The van der Waals surface area contributed by atoms with Gasteiger partial charge >= 0.3 is 0 Å². The SMILES string of the molecule is CCNC(=NCc1c(C)nn(C)c1C)N1CCC(C)C(n2ccnc2)C1. The van der Waals surface area contributed by atoms with Crippen LogP contribution in [-0.4, -0.2) is 49.8 Å². The molecule has 0 aliphatic carbocycles. The van der Waals surface area contributed by atoms with Crippen molar-refractivity contribution in [2.24, 2.45) is 18.0 Å². The summed E-state index contributed by atoms with van der Waals surface area (Å²) in [7, 11) is 1.99. The van der Waals surface area contributed by atoms with Crippen molar-refractivity contribution in [3.63, 3.8) is 0 Å². The summed E-state index contributed by atoms with van der Waals surface area (Å²) in [6.07, 6.45) is 7.01. The molecule has 2 unspecified atom stereocenters. The Labute approximate surface area is 156 Å². The molecule has 1 N–H and O–H groups in total. The van der Waals surface area contributed by atoms with E-state index in [4.69, 9.17) is 4.99 Å². The van der Waals surface area contributed by atoms with Crippen molar-refractivity contribution in [1.82, 2.24) is 29.5 Å². The zero-order valence-corrected chi connectivity index (χ0v) is 16.6. The van der Waals surface area contributed by atoms with Crippen LogP contribution < -0.4 is 5.32 Å². The molecule has 0 saturated carbocycles. The number of aromatic nitrogens is 4. The Bertz CT molecular complexity index is 744. The summed E-state index contributed by atoms with van der Waals surface area (Å²) in [5, 5.41) is 7.98. The van der Waals surface area contributed by atoms with Crippen molar-refractivity contribution in [2.75, 3.05) is 19.6 Å². The molecule has 2 atom stereocenters. The van der Waals surface area contributed by atoms with Gasteiger partial charge in [0, 0.05) is 50.3 Å². The number of nitrogens with zero attached hydrogens (tertiary/aromatic N) is 6. The second-order valence-corrected chi connectivity index (χ2v) is 7.23. The van der Waals surface area contributed by atoms with Crippen LogP contribution in [-0.2, 0) is 13.6 Å². The number of piperidine rings is 1. The first kappa shape index (κ1) is 18.5. The van der Waals surface area contributed by atoms with Gasteiger partial charge in [-0.3, -0.25) is 4.68 Å². The monoisotopic (exact) mass is 357 g/mol. The van der Waals surface area contributed by atoms with Crippen LogP contribution in [0, 0.1) is 19.8 Å². The molecule has 1 aliphatic rings. The summed E-state index contributed by atoms with van der Waals surface area (Å²) in [5.41, 5.74) is 3.47. The predicted molar refractivity (Wildman–Crippen MR) is 104 cm³/mol. The van der Waals surface area contributed by atoms with Crippen molar-refractivity contribution < 1.29 is 0 Å². The highest BCUT2D eigenvalue weighted by Gasteiger charge is 2.29. The molecule has 1 aliphatic heterocycles. The Hall–Kier alpha value is -2.31. The van der Waals surface area contributed by atoms with E-state index in [0.717, 1.165) is 37.7 Å². The lowest BCUT2D eigenvalue weighted by Gasteiger charge is -2.39. The maximum absolute atomic E-state index is 4.94. The maximum atomic E-state index is 4.94. The van der Waals surface area contributed by atoms with E-state index < -0.39 is 0 Å². The summed E-state index contributed by atoms with van der Waals surface area (Å²) in [6, 6.07) is 0.428. The summed E-state index contributed by atoms with van der Waals surface area (Å²) >= 11 is 0. The number of guanidine groups is 1. The van der Waals surface area contributed by atoms with Crippen molar-refractivity contribution in [2.45, 2.75) is 46.7 Å². The lowest BCUT2D eigenvalue weighted by atomic mass is 9.93. The van der Waals surface area contributed by atoms with E-state index in [0.29, 0.717) is 18.5 Å². The number of hydrogen-bond donors (Lipinski definition) is 1. The van der Waals surface area contributed by atoms with Crippen LogP contribution >= 0.6 is 0 Å². The average molecular weight is 358 g/mol. The number of nitrogens with one attached hydrogen (secondary N) is 1. The van der Waals surface area contributed by atoms with E-state index in [1.54, 1.807) is 0 Å². The minimum absolute atomic E-state index is 0.428. The molecule has 0 aromatic carbocycles. The molecule has 142 valence electrons. The van der Waals surface area contributed by atoms with Gasteiger partial charge in [-0.05, 0) is 33.1 Å². The second kappa shape index (κ2) is 7.93. The number of hydrogen-bond acceptors (Lipinski definition) is 3. The van der Waals surface area contributed by atoms with Crippen LogP contribution in [0.4, 0.5) is 0 Å². The van der Waals surface area contributed by atoms with Crippen LogP contribution in [0.5, 0.6) is 0 Å². The minimum atomic E-state index is 0.428. The van der Waals surface area contributed by atoms with Crippen LogP contribution in [0.1, 0.15) is 43.3 Å². The highest BCUT2D eigenvalue weighted by atomic mass is 15.3. The highest BCUT2D eigenvalue weighted by Crippen LogP contribution is 2.27. The van der Waals surface area contributed by atoms with Gasteiger partial charge in [0.1, 0.15) is 0 Å². The molecular weight excluding hydrogens is 326 g/mol. The molecule has 0 radical (unpaired) electrons. The Morgan fingerprint density at radius 1 is 1.38 bits per heavy atom. The van der Waals surface area contributed by atoms with Gasteiger partial charge in [-0.25, -0.2) is 9.98 Å². The van der Waals surface area contributed by atoms with E-state index in [2.05, 4.69) is 58.8 Å². The average Bonchev–Trinajstić information content (AvgIpc) is 3.22. The van der Waals surface area contributed by atoms with Crippen LogP contribution in [0.25, 0.3) is 0 Å². The number of aliphatic imine (C=N–C) groups is 1. The second-order valence-electron chi connectivity index (χ2n) is 7.23. The van der Waals surface area contributed by atoms with Crippen molar-refractivity contribution in [3.8, 4) is 0 Å². The molecule has 0 amide bonds. The fourth-order valence-electron chi connectivity index (χ4n) is 3.72. The topological polar surface area (TPSA) is 63.3 Å². The van der Waals surface area contributed by atoms with Gasteiger partial charge in [0.15, 0.2) is 5.96 Å². The van der Waals surface area contributed by atoms with Gasteiger partial charge in [-0.15, -0.1) is 0 Å². The standard InChI is InChI=1S/C19H31N7/c1-6-21-19(22-11-17-15(3)23-24(5)16(17)4)25-9-7-14(2)18(12-25)26-10-8-20-13-26/h8,10,13-14,18H,6-7,9,11-12H2,1-5H3,(H,21,22). The van der Waals surface area contributed by atoms with Gasteiger partial charge in [-0.2, -0.15) is 5.10 Å². The molecule has 2 aromatic rings. The first-order chi connectivity index (χ1) is 12.5. The lowest BCUT2D eigenvalue weighted by Crippen LogP contribution is -2.49. The van der Waals surface area contributed by atoms with Gasteiger partial charge < -0.3 is 14.8 Å². The molecule has 3 rings (SSSR count). The van der Waals surface area contributed by atoms with E-state index in [1.807, 2.05) is 24.3 Å². The fourth-order valence-corrected chi connectivity index (χ4v) is 3.72. The van der Waals surface area contributed by atoms with E-state index in [1.165, 1.54) is 11.3 Å². The first-order valence-corrected chi connectivity index (χ1v) is 9.51. The third-order valence-electron chi connectivity index (χ3n) is 5.51. The smallest absolute Gasteiger partial charge is 0.194 e. The maximum Gasteiger partial charge on any atom is 0.194 e. The predicted octanol–water partition coefficient (Wildman–Crippen LogP) is 2.28. The summed E-state index contributed by atoms with van der Waals surface area (Å²) in [4.78, 5) is 11.5. The Morgan fingerprint density at radius 3 is 2.81 bits per heavy atom. The summed E-state index contributed by atoms with van der Waals surface area (Å²) in [6.45, 7) is 12.1. The van der Waals surface area contributed by atoms with Gasteiger partial charge in [0.25, 0.3) is 0 Å². The van der Waals surface area contributed by atoms with Crippen molar-refractivity contribution in [3.05, 3.63) is 35.7 Å². The number of aryl methyl sites for hydroxylation is 2. The molecule has 3 heterocycles. The summed E-state index contributed by atoms with van der Waals surface area (Å²) in [5.74, 6) is 1.62. The minimum Gasteiger partial charge on any atom is -0.357 e. The lowest BCUT2D eigenvalue weighted by molar-refractivity contribution is 0.189. The highest BCUT2D eigenvalue weighted by molar-refractivity contribution is 5.80. The fraction of sp³-hybridized carbons (Fsp3) is 0.632. The number of likely N-dealkylation sites (tertiary alicyclic amines) is 1. The van der Waals surface area contributed by atoms with Crippen LogP contribution in [0.3, 0.4) is 0 Å². The zero-order chi connectivity index (χ0) is 18.7. The molecule has 0 spiro atoms. The molecule has 7 heteroatoms. The normalized spacial score (nSPS) is 21.3. The Kier molecular flexibility index (Phi) is 5.64. The Morgan fingerprint density at radius 2 is 2.19 bits per heavy atom. The van der Waals surface area contributed by atoms with Crippen molar-refractivity contribution >= 4 is 5.96 Å². The van der Waals surface area contributed by atoms with E-state index in [-0.39, 0.29) is 0 Å². The molecule has 0 bridgehead atoms. The molecule has 2 aromatic heterocycles. The quantitative estimate of drug-likeness (QED) is 0.674. The van der Waals surface area contributed by atoms with E-state index in [9.17, 15) is 0 Å². The van der Waals surface area contributed by atoms with Crippen LogP contribution in [0.2, 0.25) is 0 Å². The van der Waals surface area contributed by atoms with Gasteiger partial charge in [0.05, 0.1) is 24.6 Å². The molecule has 1 saturated heterocycles. The van der Waals surface area contributed by atoms with Gasteiger partial charge in [-0.1, -0.05) is 6.92 Å². The number of imidazole rings is 1. The number of rotatable bonds is 4. The molecule has 1 fully saturated rings. The van der Waals surface area contributed by atoms with Crippen LogP contribution in [0.15, 0.2) is 23.7 Å². The first-order valence-electron chi connectivity index (χ1n) is 9.51. The zero-order valence-electron chi connectivity index (χ0n) is 16.6. The largest absolute Gasteiger partial charge is 0.357 e.